The van der Waals surface area contributed by atoms with Gasteiger partial charge in [0.05, 0.1) is 4.88 Å². The molecule has 31 heavy (non-hydrogen) atoms. The lowest BCUT2D eigenvalue weighted by Crippen LogP contribution is -2.20. The van der Waals surface area contributed by atoms with Gasteiger partial charge in [0.25, 0.3) is 11.5 Å². The van der Waals surface area contributed by atoms with Gasteiger partial charge in [-0.05, 0) is 43.5 Å². The Morgan fingerprint density at radius 1 is 1.19 bits per heavy atom. The third-order valence-electron chi connectivity index (χ3n) is 4.94. The van der Waals surface area contributed by atoms with E-state index in [0.29, 0.717) is 39.8 Å². The molecule has 0 aliphatic carbocycles. The van der Waals surface area contributed by atoms with Gasteiger partial charge in [0, 0.05) is 22.9 Å². The Morgan fingerprint density at radius 2 is 2.03 bits per heavy atom. The number of hydrogen-bond donors (Lipinski definition) is 2. The first kappa shape index (κ1) is 19.1. The number of thiophene rings is 1. The monoisotopic (exact) mass is 435 g/mol. The molecule has 0 atom stereocenters. The maximum absolute atomic E-state index is 12.9. The average molecular weight is 435 g/mol. The minimum absolute atomic E-state index is 0.128. The van der Waals surface area contributed by atoms with E-state index in [1.807, 2.05) is 17.5 Å². The number of carbonyl (C=O) groups is 1. The Bertz CT molecular complexity index is 1360. The van der Waals surface area contributed by atoms with Crippen molar-refractivity contribution in [2.75, 3.05) is 12.1 Å². The zero-order valence-corrected chi connectivity index (χ0v) is 17.4. The molecule has 9 nitrogen and oxygen atoms in total. The van der Waals surface area contributed by atoms with Crippen molar-refractivity contribution in [1.29, 1.82) is 0 Å². The third-order valence-corrected chi connectivity index (χ3v) is 5.83. The second kappa shape index (κ2) is 7.40. The summed E-state index contributed by atoms with van der Waals surface area (Å²) in [5.74, 6) is 1.34. The highest BCUT2D eigenvalue weighted by molar-refractivity contribution is 7.13. The highest BCUT2D eigenvalue weighted by atomic mass is 32.1. The number of aromatic nitrogens is 4. The number of fused-ring (bicyclic) bond motifs is 1. The van der Waals surface area contributed by atoms with E-state index >= 15 is 0 Å². The van der Waals surface area contributed by atoms with Crippen molar-refractivity contribution in [2.24, 2.45) is 0 Å². The summed E-state index contributed by atoms with van der Waals surface area (Å²) in [5, 5.41) is 9.37. The Balaban J connectivity index is 1.55. The normalized spacial score (nSPS) is 12.2. The van der Waals surface area contributed by atoms with Gasteiger partial charge < -0.3 is 14.8 Å². The number of ether oxygens (including phenoxy) is 2. The Kier molecular flexibility index (Phi) is 4.55. The first-order valence-electron chi connectivity index (χ1n) is 9.42. The van der Waals surface area contributed by atoms with Crippen LogP contribution in [-0.4, -0.2) is 32.4 Å². The lowest BCUT2D eigenvalue weighted by Gasteiger charge is -2.09. The maximum atomic E-state index is 12.9. The number of hydrogen-bond acceptors (Lipinski definition) is 7. The predicted octanol–water partition coefficient (Wildman–Crippen LogP) is 3.28. The molecule has 1 aliphatic heterocycles. The quantitative estimate of drug-likeness (QED) is 0.509. The minimum Gasteiger partial charge on any atom is -0.454 e. The lowest BCUT2D eigenvalue weighted by atomic mass is 10.2. The molecule has 0 fully saturated rings. The van der Waals surface area contributed by atoms with Crippen molar-refractivity contribution in [3.8, 4) is 28.0 Å². The molecule has 1 aliphatic rings. The molecule has 2 N–H and O–H groups in total. The van der Waals surface area contributed by atoms with Gasteiger partial charge in [-0.25, -0.2) is 4.98 Å². The van der Waals surface area contributed by atoms with Gasteiger partial charge in [-0.15, -0.1) is 11.3 Å². The van der Waals surface area contributed by atoms with Crippen LogP contribution in [0.2, 0.25) is 0 Å². The molecule has 0 spiro atoms. The zero-order chi connectivity index (χ0) is 21.5. The fourth-order valence-corrected chi connectivity index (χ4v) is 3.81. The van der Waals surface area contributed by atoms with Gasteiger partial charge >= 0.3 is 0 Å². The molecule has 5 rings (SSSR count). The number of carbonyl (C=O) groups excluding carboxylic acids is 1. The summed E-state index contributed by atoms with van der Waals surface area (Å²) in [6, 6.07) is 10.5. The van der Waals surface area contributed by atoms with Crippen LogP contribution in [0.5, 0.6) is 11.5 Å². The number of benzene rings is 1. The molecule has 1 aromatic carbocycles. The van der Waals surface area contributed by atoms with Crippen LogP contribution in [0, 0.1) is 13.8 Å². The molecule has 156 valence electrons. The third kappa shape index (κ3) is 3.46. The van der Waals surface area contributed by atoms with Crippen molar-refractivity contribution in [1.82, 2.24) is 19.7 Å². The number of H-pyrrole nitrogens is 1. The summed E-state index contributed by atoms with van der Waals surface area (Å²) in [4.78, 5) is 33.3. The van der Waals surface area contributed by atoms with Crippen LogP contribution < -0.4 is 20.3 Å². The van der Waals surface area contributed by atoms with E-state index in [0.717, 1.165) is 4.88 Å². The second-order valence-electron chi connectivity index (χ2n) is 6.93. The van der Waals surface area contributed by atoms with Crippen LogP contribution in [0.1, 0.15) is 21.6 Å². The second-order valence-corrected chi connectivity index (χ2v) is 7.87. The first-order chi connectivity index (χ1) is 15.0. The van der Waals surface area contributed by atoms with E-state index in [4.69, 9.17) is 9.47 Å². The fraction of sp³-hybridized carbons (Fsp3) is 0.143. The van der Waals surface area contributed by atoms with Gasteiger partial charge in [-0.1, -0.05) is 6.07 Å². The number of nitrogens with zero attached hydrogens (tertiary/aromatic N) is 3. The van der Waals surface area contributed by atoms with Gasteiger partial charge in [-0.2, -0.15) is 9.78 Å². The number of nitrogens with one attached hydrogen (secondary N) is 2. The Hall–Kier alpha value is -3.92. The van der Waals surface area contributed by atoms with Crippen molar-refractivity contribution in [3.63, 3.8) is 0 Å². The zero-order valence-electron chi connectivity index (χ0n) is 16.6. The molecule has 1 amide bonds. The molecule has 0 saturated heterocycles. The number of amides is 1. The van der Waals surface area contributed by atoms with Crippen molar-refractivity contribution >= 4 is 23.1 Å². The van der Waals surface area contributed by atoms with Crippen LogP contribution in [-0.2, 0) is 0 Å². The van der Waals surface area contributed by atoms with Gasteiger partial charge in [0.15, 0.2) is 11.5 Å². The number of aryl methyl sites for hydroxylation is 1. The van der Waals surface area contributed by atoms with E-state index in [1.165, 1.54) is 16.0 Å². The molecule has 0 saturated carbocycles. The van der Waals surface area contributed by atoms with Crippen LogP contribution >= 0.6 is 11.3 Å². The van der Waals surface area contributed by atoms with Crippen LogP contribution in [0.4, 0.5) is 5.82 Å². The molecule has 0 radical (unpaired) electrons. The largest absolute Gasteiger partial charge is 0.454 e. The topological polar surface area (TPSA) is 111 Å². The predicted molar refractivity (Wildman–Crippen MR) is 115 cm³/mol. The van der Waals surface area contributed by atoms with Crippen molar-refractivity contribution in [2.45, 2.75) is 13.8 Å². The molecule has 0 unspecified atom stereocenters. The van der Waals surface area contributed by atoms with E-state index in [9.17, 15) is 9.59 Å². The highest BCUT2D eigenvalue weighted by Gasteiger charge is 2.20. The molecule has 4 aromatic rings. The average Bonchev–Trinajstić information content (AvgIpc) is 3.51. The lowest BCUT2D eigenvalue weighted by molar-refractivity contribution is 0.102. The molecule has 4 heterocycles. The molecule has 10 heteroatoms. The summed E-state index contributed by atoms with van der Waals surface area (Å²) in [7, 11) is 0. The van der Waals surface area contributed by atoms with Crippen LogP contribution in [0.25, 0.3) is 16.5 Å². The molecule has 3 aromatic heterocycles. The van der Waals surface area contributed by atoms with Gasteiger partial charge in [0.1, 0.15) is 11.5 Å². The van der Waals surface area contributed by atoms with Crippen molar-refractivity contribution < 1.29 is 14.3 Å². The van der Waals surface area contributed by atoms with E-state index in [2.05, 4.69) is 20.4 Å². The summed E-state index contributed by atoms with van der Waals surface area (Å²) in [6.07, 6.45) is 0. The molecule has 0 bridgehead atoms. The smallest absolute Gasteiger partial charge is 0.256 e. The summed E-state index contributed by atoms with van der Waals surface area (Å²) in [5.41, 5.74) is 1.90. The summed E-state index contributed by atoms with van der Waals surface area (Å²) < 4.78 is 12.1. The standard InChI is InChI=1S/C21H17N5O4S/c1-11-12(2)22-21(24-19(11)27)26-18(9-14(25-26)17-4-3-7-31-17)23-20(28)13-5-6-15-16(8-13)30-10-29-15/h3-9H,10H2,1-2H3,(H,23,28)(H,22,24,27). The van der Waals surface area contributed by atoms with Crippen LogP contribution in [0.3, 0.4) is 0 Å². The Labute approximate surface area is 180 Å². The SMILES string of the molecule is Cc1nc(-n2nc(-c3cccs3)cc2NC(=O)c2ccc3c(c2)OCO3)[nH]c(=O)c1C. The fourth-order valence-electron chi connectivity index (χ4n) is 3.13. The Morgan fingerprint density at radius 3 is 2.81 bits per heavy atom. The number of anilines is 1. The number of aromatic amines is 1. The molecular weight excluding hydrogens is 418 g/mol. The molecular formula is C21H17N5O4S. The number of rotatable bonds is 4. The van der Waals surface area contributed by atoms with E-state index in [1.54, 1.807) is 38.1 Å². The van der Waals surface area contributed by atoms with Crippen LogP contribution in [0.15, 0.2) is 46.6 Å². The van der Waals surface area contributed by atoms with Crippen molar-refractivity contribution in [3.05, 3.63) is 69.0 Å². The van der Waals surface area contributed by atoms with E-state index in [-0.39, 0.29) is 24.2 Å². The maximum Gasteiger partial charge on any atom is 0.256 e. The summed E-state index contributed by atoms with van der Waals surface area (Å²) in [6.45, 7) is 3.58. The van der Waals surface area contributed by atoms with E-state index < -0.39 is 0 Å². The highest BCUT2D eigenvalue weighted by Crippen LogP contribution is 2.33. The van der Waals surface area contributed by atoms with Gasteiger partial charge in [0.2, 0.25) is 12.7 Å². The first-order valence-corrected chi connectivity index (χ1v) is 10.3. The summed E-state index contributed by atoms with van der Waals surface area (Å²) >= 11 is 1.52. The van der Waals surface area contributed by atoms with Gasteiger partial charge in [-0.3, -0.25) is 14.6 Å². The minimum atomic E-state index is -0.358.